The van der Waals surface area contributed by atoms with Gasteiger partial charge in [-0.3, -0.25) is 14.3 Å². The molecule has 0 bridgehead atoms. The first-order chi connectivity index (χ1) is 14.1. The second-order valence-corrected chi connectivity index (χ2v) is 6.20. The van der Waals surface area contributed by atoms with Crippen molar-refractivity contribution >= 4 is 17.0 Å². The van der Waals surface area contributed by atoms with Gasteiger partial charge in [-0.1, -0.05) is 6.07 Å². The van der Waals surface area contributed by atoms with Gasteiger partial charge in [0.15, 0.2) is 17.1 Å². The Morgan fingerprint density at radius 2 is 1.93 bits per heavy atom. The molecule has 0 aliphatic carbocycles. The lowest BCUT2D eigenvalue weighted by molar-refractivity contribution is 0.185. The fraction of sp³-hybridized carbons (Fsp3) is 0.368. The third-order valence-corrected chi connectivity index (χ3v) is 4.40. The third kappa shape index (κ3) is 4.54. The van der Waals surface area contributed by atoms with Crippen molar-refractivity contribution in [1.82, 2.24) is 19.5 Å². The number of ether oxygens (including phenoxy) is 3. The molecule has 29 heavy (non-hydrogen) atoms. The van der Waals surface area contributed by atoms with Gasteiger partial charge in [-0.25, -0.2) is 9.78 Å². The van der Waals surface area contributed by atoms with Crippen LogP contribution in [0, 0.1) is 0 Å². The van der Waals surface area contributed by atoms with E-state index in [2.05, 4.69) is 20.3 Å². The second kappa shape index (κ2) is 9.20. The van der Waals surface area contributed by atoms with Crippen LogP contribution in [0.4, 0.5) is 5.95 Å². The topological polar surface area (TPSA) is 120 Å². The van der Waals surface area contributed by atoms with E-state index in [0.29, 0.717) is 30.4 Å². The molecule has 2 N–H and O–H groups in total. The van der Waals surface area contributed by atoms with Gasteiger partial charge in [0.1, 0.15) is 5.39 Å². The lowest BCUT2D eigenvalue weighted by Gasteiger charge is -2.10. The van der Waals surface area contributed by atoms with Gasteiger partial charge in [0.25, 0.3) is 5.56 Å². The summed E-state index contributed by atoms with van der Waals surface area (Å²) in [6, 6.07) is 5.70. The van der Waals surface area contributed by atoms with Crippen molar-refractivity contribution in [3.63, 3.8) is 0 Å². The zero-order valence-corrected chi connectivity index (χ0v) is 16.5. The Labute approximate surface area is 166 Å². The van der Waals surface area contributed by atoms with Gasteiger partial charge in [0, 0.05) is 19.9 Å². The van der Waals surface area contributed by atoms with E-state index >= 15 is 0 Å². The summed E-state index contributed by atoms with van der Waals surface area (Å²) < 4.78 is 16.5. The average Bonchev–Trinajstić information content (AvgIpc) is 2.73. The van der Waals surface area contributed by atoms with E-state index in [1.165, 1.54) is 13.3 Å². The predicted octanol–water partition coefficient (Wildman–Crippen LogP) is 0.798. The zero-order chi connectivity index (χ0) is 20.8. The highest BCUT2D eigenvalue weighted by Gasteiger charge is 2.10. The monoisotopic (exact) mass is 401 g/mol. The number of hydrogen-bond acceptors (Lipinski definition) is 8. The number of methoxy groups -OCH3 is 3. The normalized spacial score (nSPS) is 10.9. The molecule has 10 nitrogen and oxygen atoms in total. The maximum absolute atomic E-state index is 12.4. The van der Waals surface area contributed by atoms with Gasteiger partial charge in [-0.2, -0.15) is 4.98 Å². The zero-order valence-electron chi connectivity index (χ0n) is 16.5. The number of benzene rings is 1. The van der Waals surface area contributed by atoms with Crippen LogP contribution in [-0.2, 0) is 17.7 Å². The molecule has 0 aliphatic heterocycles. The van der Waals surface area contributed by atoms with Crippen LogP contribution >= 0.6 is 0 Å². The molecular formula is C19H23N5O5. The number of hydrogen-bond donors (Lipinski definition) is 2. The molecule has 0 unspecified atom stereocenters. The molecule has 0 spiro atoms. The Hall–Kier alpha value is -3.40. The fourth-order valence-electron chi connectivity index (χ4n) is 2.87. The van der Waals surface area contributed by atoms with Crippen molar-refractivity contribution in [2.45, 2.75) is 13.0 Å². The standard InChI is InChI=1S/C19H23N5O5/c1-27-9-8-24-17(25)13-11-21-18(22-16(13)23-19(24)26)20-7-6-12-4-5-14(28-2)15(10-12)29-3/h4-5,10-11H,6-9H2,1-3H3,(H2,20,21,22,23,26). The van der Waals surface area contributed by atoms with Gasteiger partial charge < -0.3 is 19.5 Å². The van der Waals surface area contributed by atoms with E-state index in [0.717, 1.165) is 10.1 Å². The van der Waals surface area contributed by atoms with Crippen molar-refractivity contribution in [2.24, 2.45) is 0 Å². The molecule has 0 atom stereocenters. The second-order valence-electron chi connectivity index (χ2n) is 6.20. The number of nitrogens with one attached hydrogen (secondary N) is 2. The predicted molar refractivity (Wildman–Crippen MR) is 108 cm³/mol. The quantitative estimate of drug-likeness (QED) is 0.540. The van der Waals surface area contributed by atoms with Gasteiger partial charge in [0.05, 0.1) is 27.4 Å². The van der Waals surface area contributed by atoms with Crippen molar-refractivity contribution in [3.8, 4) is 11.5 Å². The van der Waals surface area contributed by atoms with Gasteiger partial charge in [-0.05, 0) is 24.1 Å². The van der Waals surface area contributed by atoms with E-state index in [4.69, 9.17) is 14.2 Å². The van der Waals surface area contributed by atoms with Crippen LogP contribution in [0.1, 0.15) is 5.56 Å². The molecule has 3 aromatic rings. The highest BCUT2D eigenvalue weighted by molar-refractivity contribution is 5.73. The number of nitrogens with zero attached hydrogens (tertiary/aromatic N) is 3. The molecule has 0 saturated heterocycles. The summed E-state index contributed by atoms with van der Waals surface area (Å²) >= 11 is 0. The number of H-pyrrole nitrogens is 1. The molecule has 0 aliphatic rings. The lowest BCUT2D eigenvalue weighted by atomic mass is 10.1. The minimum absolute atomic E-state index is 0.159. The Bertz CT molecular complexity index is 1110. The van der Waals surface area contributed by atoms with Crippen LogP contribution in [0.5, 0.6) is 11.5 Å². The molecule has 0 amide bonds. The van der Waals surface area contributed by atoms with E-state index in [9.17, 15) is 9.59 Å². The van der Waals surface area contributed by atoms with Crippen molar-refractivity contribution in [2.75, 3.05) is 39.8 Å². The highest BCUT2D eigenvalue weighted by atomic mass is 16.5. The summed E-state index contributed by atoms with van der Waals surface area (Å²) in [7, 11) is 4.68. The SMILES string of the molecule is COCCn1c(=O)[nH]c2nc(NCCc3ccc(OC)c(OC)c3)ncc2c1=O. The minimum Gasteiger partial charge on any atom is -0.493 e. The number of anilines is 1. The van der Waals surface area contributed by atoms with E-state index in [1.807, 2.05) is 18.2 Å². The van der Waals surface area contributed by atoms with Crippen LogP contribution in [0.3, 0.4) is 0 Å². The Morgan fingerprint density at radius 1 is 1.14 bits per heavy atom. The number of aromatic nitrogens is 4. The summed E-state index contributed by atoms with van der Waals surface area (Å²) in [4.78, 5) is 35.6. The minimum atomic E-state index is -0.533. The molecule has 154 valence electrons. The molecule has 0 fully saturated rings. The molecule has 3 rings (SSSR count). The maximum atomic E-state index is 12.4. The van der Waals surface area contributed by atoms with Crippen LogP contribution in [-0.4, -0.2) is 54.0 Å². The molecule has 2 aromatic heterocycles. The summed E-state index contributed by atoms with van der Waals surface area (Å²) in [6.45, 7) is 0.965. The Kier molecular flexibility index (Phi) is 6.45. The Morgan fingerprint density at radius 3 is 2.66 bits per heavy atom. The smallest absolute Gasteiger partial charge is 0.330 e. The fourth-order valence-corrected chi connectivity index (χ4v) is 2.87. The first-order valence-corrected chi connectivity index (χ1v) is 9.01. The van der Waals surface area contributed by atoms with Crippen molar-refractivity contribution in [3.05, 3.63) is 50.8 Å². The molecule has 10 heteroatoms. The number of fused-ring (bicyclic) bond motifs is 1. The van der Waals surface area contributed by atoms with Crippen molar-refractivity contribution < 1.29 is 14.2 Å². The van der Waals surface area contributed by atoms with Crippen LogP contribution in [0.15, 0.2) is 34.0 Å². The summed E-state index contributed by atoms with van der Waals surface area (Å²) in [5.74, 6) is 1.65. The van der Waals surface area contributed by atoms with Crippen LogP contribution < -0.4 is 26.0 Å². The van der Waals surface area contributed by atoms with E-state index in [1.54, 1.807) is 14.2 Å². The highest BCUT2D eigenvalue weighted by Crippen LogP contribution is 2.27. The first-order valence-electron chi connectivity index (χ1n) is 9.01. The molecule has 2 heterocycles. The summed E-state index contributed by atoms with van der Waals surface area (Å²) in [5.41, 5.74) is 0.259. The lowest BCUT2D eigenvalue weighted by Crippen LogP contribution is -2.36. The Balaban J connectivity index is 1.73. The van der Waals surface area contributed by atoms with E-state index < -0.39 is 11.2 Å². The molecule has 0 saturated carbocycles. The summed E-state index contributed by atoms with van der Waals surface area (Å²) in [6.07, 6.45) is 2.10. The van der Waals surface area contributed by atoms with Gasteiger partial charge in [0.2, 0.25) is 5.95 Å². The molecule has 1 aromatic carbocycles. The average molecular weight is 401 g/mol. The molecule has 0 radical (unpaired) electrons. The van der Waals surface area contributed by atoms with E-state index in [-0.39, 0.29) is 24.2 Å². The number of aromatic amines is 1. The van der Waals surface area contributed by atoms with Crippen molar-refractivity contribution in [1.29, 1.82) is 0 Å². The van der Waals surface area contributed by atoms with Crippen LogP contribution in [0.2, 0.25) is 0 Å². The largest absolute Gasteiger partial charge is 0.493 e. The number of rotatable bonds is 9. The van der Waals surface area contributed by atoms with Gasteiger partial charge in [-0.15, -0.1) is 0 Å². The van der Waals surface area contributed by atoms with Gasteiger partial charge >= 0.3 is 5.69 Å². The maximum Gasteiger partial charge on any atom is 0.330 e. The third-order valence-electron chi connectivity index (χ3n) is 4.40. The first kappa shape index (κ1) is 20.3. The summed E-state index contributed by atoms with van der Waals surface area (Å²) in [5, 5.41) is 3.34. The molecular weight excluding hydrogens is 378 g/mol. The van der Waals surface area contributed by atoms with Crippen LogP contribution in [0.25, 0.3) is 11.0 Å².